The first kappa shape index (κ1) is 20.0. The number of rotatable bonds is 6. The van der Waals surface area contributed by atoms with Crippen LogP contribution >= 0.6 is 0 Å². The van der Waals surface area contributed by atoms with Gasteiger partial charge in [0, 0.05) is 36.4 Å². The van der Waals surface area contributed by atoms with Gasteiger partial charge in [0.1, 0.15) is 0 Å². The van der Waals surface area contributed by atoms with Crippen LogP contribution in [0.15, 0.2) is 60.9 Å². The van der Waals surface area contributed by atoms with Crippen LogP contribution in [0.3, 0.4) is 0 Å². The first-order chi connectivity index (χ1) is 13.9. The third-order valence-corrected chi connectivity index (χ3v) is 4.21. The molecule has 0 saturated carbocycles. The zero-order chi connectivity index (χ0) is 20.8. The Morgan fingerprint density at radius 3 is 2.03 bits per heavy atom. The fourth-order valence-corrected chi connectivity index (χ4v) is 2.79. The Labute approximate surface area is 169 Å². The van der Waals surface area contributed by atoms with Crippen molar-refractivity contribution < 1.29 is 9.59 Å². The molecule has 7 nitrogen and oxygen atoms in total. The minimum absolute atomic E-state index is 0.149. The summed E-state index contributed by atoms with van der Waals surface area (Å²) in [7, 11) is 0. The van der Waals surface area contributed by atoms with Crippen LogP contribution in [0.2, 0.25) is 0 Å². The highest BCUT2D eigenvalue weighted by Crippen LogP contribution is 2.25. The van der Waals surface area contributed by atoms with Crippen molar-refractivity contribution >= 4 is 34.8 Å². The fourth-order valence-electron chi connectivity index (χ4n) is 2.79. The molecule has 3 aromatic rings. The van der Waals surface area contributed by atoms with Crippen molar-refractivity contribution in [1.82, 2.24) is 9.97 Å². The number of carbonyl (C=O) groups is 2. The Bertz CT molecular complexity index is 998. The van der Waals surface area contributed by atoms with Gasteiger partial charge < -0.3 is 16.0 Å². The van der Waals surface area contributed by atoms with Crippen molar-refractivity contribution in [3.63, 3.8) is 0 Å². The molecule has 0 aliphatic carbocycles. The summed E-state index contributed by atoms with van der Waals surface area (Å²) in [5, 5.41) is 8.66. The second-order valence-electron chi connectivity index (χ2n) is 6.87. The van der Waals surface area contributed by atoms with E-state index in [-0.39, 0.29) is 11.8 Å². The molecule has 0 aliphatic heterocycles. The van der Waals surface area contributed by atoms with Crippen molar-refractivity contribution in [1.29, 1.82) is 0 Å². The molecule has 148 valence electrons. The molecule has 0 radical (unpaired) electrons. The molecule has 3 N–H and O–H groups in total. The van der Waals surface area contributed by atoms with Crippen LogP contribution in [-0.2, 0) is 4.79 Å². The number of carbonyl (C=O) groups excluding carboxylic acids is 2. The highest BCUT2D eigenvalue weighted by molar-refractivity contribution is 6.04. The highest BCUT2D eigenvalue weighted by Gasteiger charge is 2.10. The molecule has 2 amide bonds. The molecule has 2 aromatic carbocycles. The third-order valence-electron chi connectivity index (χ3n) is 4.21. The van der Waals surface area contributed by atoms with Crippen LogP contribution in [0.1, 0.15) is 42.6 Å². The van der Waals surface area contributed by atoms with E-state index in [0.29, 0.717) is 28.8 Å². The summed E-state index contributed by atoms with van der Waals surface area (Å²) >= 11 is 0. The number of amides is 2. The van der Waals surface area contributed by atoms with Gasteiger partial charge in [-0.15, -0.1) is 0 Å². The third kappa shape index (κ3) is 5.38. The van der Waals surface area contributed by atoms with E-state index in [2.05, 4.69) is 45.8 Å². The van der Waals surface area contributed by atoms with E-state index in [1.54, 1.807) is 24.3 Å². The molecule has 0 atom stereocenters. The minimum atomic E-state index is -0.314. The smallest absolute Gasteiger partial charge is 0.258 e. The first-order valence-corrected chi connectivity index (χ1v) is 9.29. The number of hydrogen-bond donors (Lipinski definition) is 3. The number of benzene rings is 2. The Kier molecular flexibility index (Phi) is 6.19. The summed E-state index contributed by atoms with van der Waals surface area (Å²) in [6, 6.07) is 14.8. The maximum atomic E-state index is 12.4. The number of nitrogens with one attached hydrogen (secondary N) is 3. The normalized spacial score (nSPS) is 10.5. The molecule has 29 heavy (non-hydrogen) atoms. The molecule has 0 aliphatic rings. The predicted octanol–water partition coefficient (Wildman–Crippen LogP) is 4.55. The number of para-hydroxylation sites is 1. The molecule has 1 heterocycles. The van der Waals surface area contributed by atoms with Gasteiger partial charge in [-0.05, 0) is 41.8 Å². The van der Waals surface area contributed by atoms with E-state index in [9.17, 15) is 9.59 Å². The zero-order valence-electron chi connectivity index (χ0n) is 16.6. The standard InChI is InChI=1S/C22H23N5O2/c1-14(2)19-6-4-5-7-20(19)27-22-23-12-16(13-24-22)21(29)26-18-10-8-17(9-11-18)25-15(3)28/h4-14H,1-3H3,(H,25,28)(H,26,29)(H,23,24,27). The van der Waals surface area contributed by atoms with E-state index >= 15 is 0 Å². The maximum Gasteiger partial charge on any atom is 0.258 e. The van der Waals surface area contributed by atoms with E-state index in [0.717, 1.165) is 5.69 Å². The molecular formula is C22H23N5O2. The van der Waals surface area contributed by atoms with Crippen LogP contribution in [0.5, 0.6) is 0 Å². The summed E-state index contributed by atoms with van der Waals surface area (Å²) in [4.78, 5) is 32.0. The Balaban J connectivity index is 1.65. The van der Waals surface area contributed by atoms with Gasteiger partial charge in [0.25, 0.3) is 5.91 Å². The fraction of sp³-hybridized carbons (Fsp3) is 0.182. The molecule has 0 fully saturated rings. The molecule has 7 heteroatoms. The van der Waals surface area contributed by atoms with Gasteiger partial charge in [0.2, 0.25) is 11.9 Å². The number of anilines is 4. The average molecular weight is 389 g/mol. The van der Waals surface area contributed by atoms with Crippen LogP contribution in [0.4, 0.5) is 23.0 Å². The van der Waals surface area contributed by atoms with Gasteiger partial charge in [-0.3, -0.25) is 9.59 Å². The van der Waals surface area contributed by atoms with E-state index < -0.39 is 0 Å². The van der Waals surface area contributed by atoms with Crippen LogP contribution < -0.4 is 16.0 Å². The molecule has 3 rings (SSSR count). The number of aromatic nitrogens is 2. The van der Waals surface area contributed by atoms with Gasteiger partial charge in [0.15, 0.2) is 0 Å². The van der Waals surface area contributed by atoms with Crippen molar-refractivity contribution in [3.05, 3.63) is 72.1 Å². The average Bonchev–Trinajstić information content (AvgIpc) is 2.70. The lowest BCUT2D eigenvalue weighted by Crippen LogP contribution is -2.13. The lowest BCUT2D eigenvalue weighted by Gasteiger charge is -2.13. The molecular weight excluding hydrogens is 366 g/mol. The van der Waals surface area contributed by atoms with E-state index in [4.69, 9.17) is 0 Å². The zero-order valence-corrected chi connectivity index (χ0v) is 16.6. The predicted molar refractivity (Wildman–Crippen MR) is 115 cm³/mol. The molecule has 0 spiro atoms. The molecule has 1 aromatic heterocycles. The second kappa shape index (κ2) is 8.97. The number of hydrogen-bond acceptors (Lipinski definition) is 5. The Morgan fingerprint density at radius 1 is 0.862 bits per heavy atom. The SMILES string of the molecule is CC(=O)Nc1ccc(NC(=O)c2cnc(Nc3ccccc3C(C)C)nc2)cc1. The Morgan fingerprint density at radius 2 is 1.45 bits per heavy atom. The lowest BCUT2D eigenvalue weighted by molar-refractivity contribution is -0.114. The van der Waals surface area contributed by atoms with Gasteiger partial charge in [-0.25, -0.2) is 9.97 Å². The quantitative estimate of drug-likeness (QED) is 0.575. The van der Waals surface area contributed by atoms with Crippen LogP contribution in [0.25, 0.3) is 0 Å². The molecule has 0 unspecified atom stereocenters. The van der Waals surface area contributed by atoms with Crippen molar-refractivity contribution in [2.75, 3.05) is 16.0 Å². The topological polar surface area (TPSA) is 96.0 Å². The van der Waals surface area contributed by atoms with Crippen molar-refractivity contribution in [2.24, 2.45) is 0 Å². The monoisotopic (exact) mass is 389 g/mol. The van der Waals surface area contributed by atoms with Crippen molar-refractivity contribution in [2.45, 2.75) is 26.7 Å². The second-order valence-corrected chi connectivity index (χ2v) is 6.87. The summed E-state index contributed by atoms with van der Waals surface area (Å²) in [5.74, 6) is 0.324. The van der Waals surface area contributed by atoms with Crippen LogP contribution in [-0.4, -0.2) is 21.8 Å². The largest absolute Gasteiger partial charge is 0.326 e. The van der Waals surface area contributed by atoms with Gasteiger partial charge in [-0.1, -0.05) is 32.0 Å². The van der Waals surface area contributed by atoms with Crippen LogP contribution in [0, 0.1) is 0 Å². The lowest BCUT2D eigenvalue weighted by atomic mass is 10.0. The number of nitrogens with zero attached hydrogens (tertiary/aromatic N) is 2. The van der Waals surface area contributed by atoms with Crippen molar-refractivity contribution in [3.8, 4) is 0 Å². The summed E-state index contributed by atoms with van der Waals surface area (Å²) in [6.45, 7) is 5.69. The van der Waals surface area contributed by atoms with Gasteiger partial charge in [-0.2, -0.15) is 0 Å². The highest BCUT2D eigenvalue weighted by atomic mass is 16.2. The van der Waals surface area contributed by atoms with E-state index in [1.165, 1.54) is 24.9 Å². The summed E-state index contributed by atoms with van der Waals surface area (Å²) in [6.07, 6.45) is 2.96. The van der Waals surface area contributed by atoms with E-state index in [1.807, 2.05) is 18.2 Å². The molecule has 0 saturated heterocycles. The molecule has 0 bridgehead atoms. The van der Waals surface area contributed by atoms with Gasteiger partial charge in [0.05, 0.1) is 5.56 Å². The minimum Gasteiger partial charge on any atom is -0.326 e. The summed E-state index contributed by atoms with van der Waals surface area (Å²) in [5.41, 5.74) is 3.73. The van der Waals surface area contributed by atoms with Gasteiger partial charge >= 0.3 is 0 Å². The Hall–Kier alpha value is -3.74. The first-order valence-electron chi connectivity index (χ1n) is 9.29. The summed E-state index contributed by atoms with van der Waals surface area (Å²) < 4.78 is 0. The maximum absolute atomic E-state index is 12.4.